The quantitative estimate of drug-likeness (QED) is 0.588. The lowest BCUT2D eigenvalue weighted by Gasteiger charge is -2.07. The summed E-state index contributed by atoms with van der Waals surface area (Å²) in [7, 11) is 0. The van der Waals surface area contributed by atoms with Gasteiger partial charge in [0, 0.05) is 18.1 Å². The van der Waals surface area contributed by atoms with E-state index in [-0.39, 0.29) is 0 Å². The summed E-state index contributed by atoms with van der Waals surface area (Å²) in [6.07, 6.45) is 3.97. The standard InChI is InChI=1S/C13H18ClN/c1-11(2)12-5-7-13(8-6-12)15-10-4-3-9-14/h3-8,11,15H,9-10H2,1-2H3/b4-3+. The molecule has 0 atom stereocenters. The fourth-order valence-electron chi connectivity index (χ4n) is 1.31. The number of hydrogen-bond donors (Lipinski definition) is 1. The Hall–Kier alpha value is -0.950. The van der Waals surface area contributed by atoms with E-state index in [1.54, 1.807) is 0 Å². The van der Waals surface area contributed by atoms with Gasteiger partial charge >= 0.3 is 0 Å². The average Bonchev–Trinajstić information content (AvgIpc) is 2.25. The first-order chi connectivity index (χ1) is 7.24. The summed E-state index contributed by atoms with van der Waals surface area (Å²) in [6, 6.07) is 8.56. The molecular formula is C13H18ClN. The Morgan fingerprint density at radius 3 is 2.40 bits per heavy atom. The molecule has 0 saturated carbocycles. The van der Waals surface area contributed by atoms with Crippen LogP contribution in [0.2, 0.25) is 0 Å². The van der Waals surface area contributed by atoms with Crippen molar-refractivity contribution >= 4 is 17.3 Å². The molecule has 1 rings (SSSR count). The normalized spacial score (nSPS) is 11.2. The van der Waals surface area contributed by atoms with Crippen LogP contribution in [0, 0.1) is 0 Å². The van der Waals surface area contributed by atoms with Gasteiger partial charge in [-0.2, -0.15) is 0 Å². The molecule has 0 spiro atoms. The minimum Gasteiger partial charge on any atom is -0.382 e. The van der Waals surface area contributed by atoms with Crippen molar-refractivity contribution < 1.29 is 0 Å². The van der Waals surface area contributed by atoms with Crippen LogP contribution in [-0.2, 0) is 0 Å². The van der Waals surface area contributed by atoms with E-state index in [0.29, 0.717) is 11.8 Å². The summed E-state index contributed by atoms with van der Waals surface area (Å²) < 4.78 is 0. The van der Waals surface area contributed by atoms with E-state index in [2.05, 4.69) is 43.4 Å². The Labute approximate surface area is 97.1 Å². The SMILES string of the molecule is CC(C)c1ccc(NC/C=C/CCl)cc1. The number of allylic oxidation sites excluding steroid dienone is 1. The highest BCUT2D eigenvalue weighted by Crippen LogP contribution is 2.16. The molecule has 0 amide bonds. The number of anilines is 1. The lowest BCUT2D eigenvalue weighted by Crippen LogP contribution is -1.98. The molecule has 1 aromatic carbocycles. The highest BCUT2D eigenvalue weighted by atomic mass is 35.5. The molecule has 0 aliphatic carbocycles. The van der Waals surface area contributed by atoms with Crippen LogP contribution in [0.4, 0.5) is 5.69 Å². The van der Waals surface area contributed by atoms with E-state index < -0.39 is 0 Å². The maximum absolute atomic E-state index is 5.52. The second-order valence-corrected chi connectivity index (χ2v) is 4.09. The molecule has 1 nitrogen and oxygen atoms in total. The number of benzene rings is 1. The fourth-order valence-corrected chi connectivity index (χ4v) is 1.43. The molecule has 0 radical (unpaired) electrons. The van der Waals surface area contributed by atoms with Crippen molar-refractivity contribution in [3.05, 3.63) is 42.0 Å². The van der Waals surface area contributed by atoms with Crippen molar-refractivity contribution in [2.75, 3.05) is 17.7 Å². The van der Waals surface area contributed by atoms with E-state index in [9.17, 15) is 0 Å². The van der Waals surface area contributed by atoms with E-state index >= 15 is 0 Å². The van der Waals surface area contributed by atoms with E-state index in [1.807, 2.05) is 12.2 Å². The topological polar surface area (TPSA) is 12.0 Å². The minimum absolute atomic E-state index is 0.577. The van der Waals surface area contributed by atoms with Crippen LogP contribution in [0.15, 0.2) is 36.4 Å². The van der Waals surface area contributed by atoms with Crippen molar-refractivity contribution in [3.63, 3.8) is 0 Å². The first-order valence-electron chi connectivity index (χ1n) is 5.29. The average molecular weight is 224 g/mol. The zero-order chi connectivity index (χ0) is 11.1. The van der Waals surface area contributed by atoms with Gasteiger partial charge in [-0.05, 0) is 23.6 Å². The molecule has 0 aliphatic rings. The summed E-state index contributed by atoms with van der Waals surface area (Å²) in [5.74, 6) is 1.17. The third kappa shape index (κ3) is 4.39. The molecule has 1 aromatic rings. The minimum atomic E-state index is 0.577. The number of nitrogens with one attached hydrogen (secondary N) is 1. The van der Waals surface area contributed by atoms with Crippen LogP contribution >= 0.6 is 11.6 Å². The second kappa shape index (κ2) is 6.52. The molecule has 0 aliphatic heterocycles. The highest BCUT2D eigenvalue weighted by molar-refractivity contribution is 6.18. The van der Waals surface area contributed by atoms with Crippen LogP contribution < -0.4 is 5.32 Å². The maximum atomic E-state index is 5.52. The Morgan fingerprint density at radius 2 is 1.87 bits per heavy atom. The molecule has 0 fully saturated rings. The Morgan fingerprint density at radius 1 is 1.20 bits per heavy atom. The maximum Gasteiger partial charge on any atom is 0.0404 e. The monoisotopic (exact) mass is 223 g/mol. The summed E-state index contributed by atoms with van der Waals surface area (Å²) in [5.41, 5.74) is 2.52. The molecule has 0 saturated heterocycles. The van der Waals surface area contributed by atoms with Crippen molar-refractivity contribution in [1.82, 2.24) is 0 Å². The predicted octanol–water partition coefficient (Wildman–Crippen LogP) is 4.02. The zero-order valence-corrected chi connectivity index (χ0v) is 10.1. The molecule has 15 heavy (non-hydrogen) atoms. The van der Waals surface area contributed by atoms with Crippen LogP contribution in [0.3, 0.4) is 0 Å². The van der Waals surface area contributed by atoms with Gasteiger partial charge < -0.3 is 5.32 Å². The first-order valence-corrected chi connectivity index (χ1v) is 5.82. The van der Waals surface area contributed by atoms with Gasteiger partial charge in [-0.15, -0.1) is 11.6 Å². The van der Waals surface area contributed by atoms with Crippen LogP contribution in [-0.4, -0.2) is 12.4 Å². The number of hydrogen-bond acceptors (Lipinski definition) is 1. The highest BCUT2D eigenvalue weighted by Gasteiger charge is 1.97. The molecule has 1 N–H and O–H groups in total. The molecule has 0 aromatic heterocycles. The summed E-state index contributed by atoms with van der Waals surface area (Å²) in [4.78, 5) is 0. The van der Waals surface area contributed by atoms with Gasteiger partial charge in [0.1, 0.15) is 0 Å². The van der Waals surface area contributed by atoms with Crippen molar-refractivity contribution in [2.45, 2.75) is 19.8 Å². The van der Waals surface area contributed by atoms with Crippen molar-refractivity contribution in [1.29, 1.82) is 0 Å². The van der Waals surface area contributed by atoms with Crippen LogP contribution in [0.5, 0.6) is 0 Å². The summed E-state index contributed by atoms with van der Waals surface area (Å²) in [5, 5.41) is 3.30. The van der Waals surface area contributed by atoms with E-state index in [0.717, 1.165) is 12.2 Å². The molecule has 82 valence electrons. The summed E-state index contributed by atoms with van der Waals surface area (Å²) >= 11 is 5.52. The smallest absolute Gasteiger partial charge is 0.0404 e. The van der Waals surface area contributed by atoms with Crippen molar-refractivity contribution in [3.8, 4) is 0 Å². The lowest BCUT2D eigenvalue weighted by molar-refractivity contribution is 0.867. The van der Waals surface area contributed by atoms with Gasteiger partial charge in [0.25, 0.3) is 0 Å². The molecule has 0 heterocycles. The number of alkyl halides is 1. The fraction of sp³-hybridized carbons (Fsp3) is 0.385. The molecule has 0 unspecified atom stereocenters. The zero-order valence-electron chi connectivity index (χ0n) is 9.33. The lowest BCUT2D eigenvalue weighted by atomic mass is 10.0. The largest absolute Gasteiger partial charge is 0.382 e. The Balaban J connectivity index is 2.46. The van der Waals surface area contributed by atoms with E-state index in [4.69, 9.17) is 11.6 Å². The van der Waals surface area contributed by atoms with Gasteiger partial charge in [0.15, 0.2) is 0 Å². The van der Waals surface area contributed by atoms with Crippen LogP contribution in [0.25, 0.3) is 0 Å². The molecule has 0 bridgehead atoms. The van der Waals surface area contributed by atoms with Gasteiger partial charge in [-0.1, -0.05) is 38.1 Å². The Kier molecular flexibility index (Phi) is 5.27. The third-order valence-corrected chi connectivity index (χ3v) is 2.44. The van der Waals surface area contributed by atoms with Crippen molar-refractivity contribution in [2.24, 2.45) is 0 Å². The number of halogens is 1. The van der Waals surface area contributed by atoms with Gasteiger partial charge in [-0.25, -0.2) is 0 Å². The molecular weight excluding hydrogens is 206 g/mol. The third-order valence-electron chi connectivity index (χ3n) is 2.26. The Bertz CT molecular complexity index is 301. The van der Waals surface area contributed by atoms with E-state index in [1.165, 1.54) is 5.56 Å². The summed E-state index contributed by atoms with van der Waals surface area (Å²) in [6.45, 7) is 5.23. The molecule has 2 heteroatoms. The second-order valence-electron chi connectivity index (χ2n) is 3.78. The van der Waals surface area contributed by atoms with Gasteiger partial charge in [0.05, 0.1) is 0 Å². The van der Waals surface area contributed by atoms with Gasteiger partial charge in [-0.3, -0.25) is 0 Å². The van der Waals surface area contributed by atoms with Gasteiger partial charge in [0.2, 0.25) is 0 Å². The first kappa shape index (κ1) is 12.1. The number of rotatable bonds is 5. The van der Waals surface area contributed by atoms with Crippen LogP contribution in [0.1, 0.15) is 25.3 Å². The predicted molar refractivity (Wildman–Crippen MR) is 68.9 cm³/mol.